The lowest BCUT2D eigenvalue weighted by Gasteiger charge is -2.08. The first kappa shape index (κ1) is 14.1. The zero-order valence-corrected chi connectivity index (χ0v) is 12.5. The zero-order valence-electron chi connectivity index (χ0n) is 11.7. The van der Waals surface area contributed by atoms with Gasteiger partial charge in [0.25, 0.3) is 0 Å². The van der Waals surface area contributed by atoms with Gasteiger partial charge in [0.1, 0.15) is 0 Å². The van der Waals surface area contributed by atoms with Crippen molar-refractivity contribution in [2.75, 3.05) is 0 Å². The molecule has 0 spiro atoms. The minimum atomic E-state index is 0.0589. The van der Waals surface area contributed by atoms with Crippen molar-refractivity contribution in [2.24, 2.45) is 5.73 Å². The number of nitrogens with two attached hydrogens (primary N) is 1. The van der Waals surface area contributed by atoms with Crippen LogP contribution in [0, 0.1) is 13.8 Å². The van der Waals surface area contributed by atoms with Gasteiger partial charge in [-0.25, -0.2) is 4.98 Å². The van der Waals surface area contributed by atoms with Gasteiger partial charge in [0.05, 0.1) is 5.03 Å². The van der Waals surface area contributed by atoms with Gasteiger partial charge in [-0.1, -0.05) is 29.3 Å². The SMILES string of the molecule is Cc1cc(C)cc(CSc2cc([C@H](C)N)ccn2)c1. The number of hydrogen-bond acceptors (Lipinski definition) is 3. The van der Waals surface area contributed by atoms with Gasteiger partial charge in [-0.05, 0) is 44.0 Å². The fourth-order valence-electron chi connectivity index (χ4n) is 2.10. The molecule has 2 aromatic rings. The van der Waals surface area contributed by atoms with Crippen molar-refractivity contribution in [3.8, 4) is 0 Å². The highest BCUT2D eigenvalue weighted by molar-refractivity contribution is 7.98. The second-order valence-corrected chi connectivity index (χ2v) is 6.00. The van der Waals surface area contributed by atoms with E-state index in [2.05, 4.69) is 43.1 Å². The highest BCUT2D eigenvalue weighted by atomic mass is 32.2. The summed E-state index contributed by atoms with van der Waals surface area (Å²) in [7, 11) is 0. The molecule has 1 atom stereocenters. The number of rotatable bonds is 4. The van der Waals surface area contributed by atoms with Gasteiger partial charge in [0, 0.05) is 18.0 Å². The van der Waals surface area contributed by atoms with Crippen LogP contribution in [0.2, 0.25) is 0 Å². The Hall–Kier alpha value is -1.32. The number of hydrogen-bond donors (Lipinski definition) is 1. The molecule has 1 aromatic carbocycles. The molecule has 2 nitrogen and oxygen atoms in total. The molecule has 0 amide bonds. The van der Waals surface area contributed by atoms with E-state index in [4.69, 9.17) is 5.73 Å². The molecule has 3 heteroatoms. The van der Waals surface area contributed by atoms with Crippen molar-refractivity contribution in [2.45, 2.75) is 37.6 Å². The number of aryl methyl sites for hydroxylation is 2. The third-order valence-electron chi connectivity index (χ3n) is 2.95. The lowest BCUT2D eigenvalue weighted by molar-refractivity contribution is 0.808. The van der Waals surface area contributed by atoms with Gasteiger partial charge >= 0.3 is 0 Å². The zero-order chi connectivity index (χ0) is 13.8. The molecule has 1 heterocycles. The van der Waals surface area contributed by atoms with Crippen molar-refractivity contribution in [1.82, 2.24) is 4.98 Å². The maximum atomic E-state index is 5.89. The molecule has 19 heavy (non-hydrogen) atoms. The summed E-state index contributed by atoms with van der Waals surface area (Å²) in [6.45, 7) is 6.26. The Morgan fingerprint density at radius 1 is 1.16 bits per heavy atom. The van der Waals surface area contributed by atoms with Crippen LogP contribution in [0.1, 0.15) is 35.2 Å². The van der Waals surface area contributed by atoms with Crippen LogP contribution in [0.5, 0.6) is 0 Å². The van der Waals surface area contributed by atoms with E-state index in [1.807, 2.05) is 19.2 Å². The number of pyridine rings is 1. The molecule has 0 bridgehead atoms. The number of aromatic nitrogens is 1. The number of benzene rings is 1. The van der Waals surface area contributed by atoms with Crippen LogP contribution >= 0.6 is 11.8 Å². The maximum absolute atomic E-state index is 5.89. The fraction of sp³-hybridized carbons (Fsp3) is 0.312. The molecule has 0 saturated carbocycles. The third-order valence-corrected chi connectivity index (χ3v) is 3.95. The minimum Gasteiger partial charge on any atom is -0.324 e. The molecule has 2 rings (SSSR count). The highest BCUT2D eigenvalue weighted by Crippen LogP contribution is 2.24. The van der Waals surface area contributed by atoms with Gasteiger partial charge in [-0.3, -0.25) is 0 Å². The quantitative estimate of drug-likeness (QED) is 0.855. The molecule has 0 saturated heterocycles. The van der Waals surface area contributed by atoms with Gasteiger partial charge < -0.3 is 5.73 Å². The average Bonchev–Trinajstić information content (AvgIpc) is 2.35. The van der Waals surface area contributed by atoms with E-state index in [1.54, 1.807) is 11.8 Å². The van der Waals surface area contributed by atoms with E-state index in [-0.39, 0.29) is 6.04 Å². The van der Waals surface area contributed by atoms with Gasteiger partial charge in [0.2, 0.25) is 0 Å². The topological polar surface area (TPSA) is 38.9 Å². The molecule has 0 aliphatic rings. The average molecular weight is 272 g/mol. The number of nitrogens with zero attached hydrogens (tertiary/aromatic N) is 1. The van der Waals surface area contributed by atoms with E-state index in [1.165, 1.54) is 16.7 Å². The van der Waals surface area contributed by atoms with Crippen molar-refractivity contribution >= 4 is 11.8 Å². The van der Waals surface area contributed by atoms with Crippen LogP contribution in [-0.4, -0.2) is 4.98 Å². The molecule has 0 fully saturated rings. The Morgan fingerprint density at radius 2 is 1.84 bits per heavy atom. The van der Waals surface area contributed by atoms with E-state index in [0.717, 1.165) is 16.3 Å². The van der Waals surface area contributed by atoms with Crippen LogP contribution in [-0.2, 0) is 5.75 Å². The van der Waals surface area contributed by atoms with Crippen LogP contribution in [0.15, 0.2) is 41.6 Å². The molecule has 1 aromatic heterocycles. The Bertz CT molecular complexity index is 544. The Morgan fingerprint density at radius 3 is 2.47 bits per heavy atom. The molecule has 100 valence electrons. The largest absolute Gasteiger partial charge is 0.324 e. The second kappa shape index (κ2) is 6.22. The second-order valence-electron chi connectivity index (χ2n) is 5.00. The summed E-state index contributed by atoms with van der Waals surface area (Å²) in [5.74, 6) is 0.942. The highest BCUT2D eigenvalue weighted by Gasteiger charge is 2.03. The molecule has 0 radical (unpaired) electrons. The summed E-state index contributed by atoms with van der Waals surface area (Å²) in [4.78, 5) is 4.39. The maximum Gasteiger partial charge on any atom is 0.0966 e. The Balaban J connectivity index is 2.07. The smallest absolute Gasteiger partial charge is 0.0966 e. The first-order chi connectivity index (χ1) is 9.04. The van der Waals surface area contributed by atoms with E-state index >= 15 is 0 Å². The van der Waals surface area contributed by atoms with Gasteiger partial charge in [-0.15, -0.1) is 11.8 Å². The van der Waals surface area contributed by atoms with Crippen LogP contribution < -0.4 is 5.73 Å². The van der Waals surface area contributed by atoms with Gasteiger partial charge in [-0.2, -0.15) is 0 Å². The van der Waals surface area contributed by atoms with Crippen molar-refractivity contribution in [3.63, 3.8) is 0 Å². The molecule has 0 aliphatic heterocycles. The van der Waals surface area contributed by atoms with Crippen LogP contribution in [0.3, 0.4) is 0 Å². The van der Waals surface area contributed by atoms with Crippen LogP contribution in [0.25, 0.3) is 0 Å². The van der Waals surface area contributed by atoms with Gasteiger partial charge in [0.15, 0.2) is 0 Å². The Kier molecular flexibility index (Phi) is 4.61. The van der Waals surface area contributed by atoms with E-state index in [9.17, 15) is 0 Å². The van der Waals surface area contributed by atoms with E-state index in [0.29, 0.717) is 0 Å². The first-order valence-corrected chi connectivity index (χ1v) is 7.44. The summed E-state index contributed by atoms with van der Waals surface area (Å²) >= 11 is 1.76. The lowest BCUT2D eigenvalue weighted by atomic mass is 10.1. The van der Waals surface area contributed by atoms with E-state index < -0.39 is 0 Å². The summed E-state index contributed by atoms with van der Waals surface area (Å²) in [6.07, 6.45) is 1.84. The standard InChI is InChI=1S/C16H20N2S/c1-11-6-12(2)8-14(7-11)10-19-16-9-15(13(3)17)4-5-18-16/h4-9,13H,10,17H2,1-3H3/t13-/m0/s1. The predicted octanol–water partition coefficient (Wildman–Crippen LogP) is 4.01. The monoisotopic (exact) mass is 272 g/mol. The Labute approximate surface area is 119 Å². The fourth-order valence-corrected chi connectivity index (χ4v) is 2.93. The summed E-state index contributed by atoms with van der Waals surface area (Å²) < 4.78 is 0. The molecule has 0 aliphatic carbocycles. The van der Waals surface area contributed by atoms with Crippen molar-refractivity contribution in [1.29, 1.82) is 0 Å². The first-order valence-electron chi connectivity index (χ1n) is 6.46. The molecular weight excluding hydrogens is 252 g/mol. The number of thioether (sulfide) groups is 1. The molecular formula is C16H20N2S. The normalized spacial score (nSPS) is 12.4. The summed E-state index contributed by atoms with van der Waals surface area (Å²) in [6, 6.07) is 10.8. The van der Waals surface area contributed by atoms with Crippen molar-refractivity contribution in [3.05, 3.63) is 58.8 Å². The van der Waals surface area contributed by atoms with Crippen molar-refractivity contribution < 1.29 is 0 Å². The summed E-state index contributed by atoms with van der Waals surface area (Å²) in [5, 5.41) is 1.04. The van der Waals surface area contributed by atoms with Crippen LogP contribution in [0.4, 0.5) is 0 Å². The molecule has 0 unspecified atom stereocenters. The predicted molar refractivity (Wildman–Crippen MR) is 82.3 cm³/mol. The minimum absolute atomic E-state index is 0.0589. The third kappa shape index (κ3) is 4.08. The molecule has 2 N–H and O–H groups in total. The summed E-state index contributed by atoms with van der Waals surface area (Å²) in [5.41, 5.74) is 11.0. The lowest BCUT2D eigenvalue weighted by Crippen LogP contribution is -2.05.